The average molecular weight is 367 g/mol. The van der Waals surface area contributed by atoms with Gasteiger partial charge in [0.1, 0.15) is 0 Å². The lowest BCUT2D eigenvalue weighted by molar-refractivity contribution is 0.192. The van der Waals surface area contributed by atoms with Crippen LogP contribution in [0.15, 0.2) is 41.9 Å². The highest BCUT2D eigenvalue weighted by atomic mass is 32.1. The molecule has 0 spiro atoms. The molecular weight excluding hydrogens is 346 g/mol. The third-order valence-electron chi connectivity index (χ3n) is 4.70. The Balaban J connectivity index is 1.44. The van der Waals surface area contributed by atoms with Crippen LogP contribution in [0.1, 0.15) is 29.5 Å². The number of amides is 2. The summed E-state index contributed by atoms with van der Waals surface area (Å²) in [7, 11) is 0. The van der Waals surface area contributed by atoms with Gasteiger partial charge in [0.15, 0.2) is 0 Å². The van der Waals surface area contributed by atoms with E-state index in [4.69, 9.17) is 0 Å². The van der Waals surface area contributed by atoms with E-state index in [-0.39, 0.29) is 6.03 Å². The Morgan fingerprint density at radius 1 is 1.38 bits per heavy atom. The summed E-state index contributed by atoms with van der Waals surface area (Å²) in [5, 5.41) is 13.2. The zero-order valence-corrected chi connectivity index (χ0v) is 15.4. The van der Waals surface area contributed by atoms with Crippen LogP contribution in [0.4, 0.5) is 10.5 Å². The first kappa shape index (κ1) is 16.8. The number of anilines is 1. The maximum absolute atomic E-state index is 12.7. The van der Waals surface area contributed by atoms with Gasteiger partial charge in [-0.25, -0.2) is 9.78 Å². The van der Waals surface area contributed by atoms with Crippen molar-refractivity contribution in [2.75, 3.05) is 18.4 Å². The second-order valence-corrected chi connectivity index (χ2v) is 7.62. The van der Waals surface area contributed by atoms with E-state index in [1.165, 1.54) is 0 Å². The number of aromatic nitrogens is 3. The molecule has 0 unspecified atom stereocenters. The van der Waals surface area contributed by atoms with Crippen LogP contribution in [-0.4, -0.2) is 39.2 Å². The third-order valence-corrected chi connectivity index (χ3v) is 5.47. The number of rotatable bonds is 3. The van der Waals surface area contributed by atoms with Gasteiger partial charge < -0.3 is 10.2 Å². The molecule has 1 atom stereocenters. The summed E-state index contributed by atoms with van der Waals surface area (Å²) >= 11 is 1.63. The van der Waals surface area contributed by atoms with E-state index in [2.05, 4.69) is 20.5 Å². The number of carbonyl (C=O) groups is 1. The van der Waals surface area contributed by atoms with E-state index in [0.717, 1.165) is 47.0 Å². The van der Waals surface area contributed by atoms with Crippen LogP contribution in [0.2, 0.25) is 0 Å². The molecule has 0 radical (unpaired) electrons. The number of hydrogen-bond donors (Lipinski definition) is 2. The number of H-pyrrole nitrogens is 1. The molecule has 0 aliphatic carbocycles. The van der Waals surface area contributed by atoms with Crippen molar-refractivity contribution in [1.82, 2.24) is 20.1 Å². The van der Waals surface area contributed by atoms with Gasteiger partial charge in [0, 0.05) is 47.5 Å². The summed E-state index contributed by atoms with van der Waals surface area (Å²) in [6.07, 6.45) is 3.83. The Hall–Kier alpha value is -2.67. The smallest absolute Gasteiger partial charge is 0.321 e. The van der Waals surface area contributed by atoms with E-state index >= 15 is 0 Å². The summed E-state index contributed by atoms with van der Waals surface area (Å²) in [6, 6.07) is 9.79. The van der Waals surface area contributed by atoms with Gasteiger partial charge in [0.2, 0.25) is 0 Å². The number of carbonyl (C=O) groups excluding carboxylic acids is 1. The first-order chi connectivity index (χ1) is 12.7. The molecule has 0 bridgehead atoms. The predicted molar refractivity (Wildman–Crippen MR) is 103 cm³/mol. The number of thiazole rings is 1. The molecule has 26 heavy (non-hydrogen) atoms. The molecule has 2 aromatic heterocycles. The molecule has 0 saturated carbocycles. The van der Waals surface area contributed by atoms with Crippen LogP contribution in [0.3, 0.4) is 0 Å². The summed E-state index contributed by atoms with van der Waals surface area (Å²) in [5.74, 6) is 0.321. The lowest BCUT2D eigenvalue weighted by Gasteiger charge is -2.32. The van der Waals surface area contributed by atoms with E-state index in [0.29, 0.717) is 12.5 Å². The van der Waals surface area contributed by atoms with Gasteiger partial charge in [-0.1, -0.05) is 12.1 Å². The minimum Gasteiger partial charge on any atom is -0.324 e. The number of piperidine rings is 1. The molecule has 7 heteroatoms. The number of benzene rings is 1. The highest BCUT2D eigenvalue weighted by Gasteiger charge is 2.25. The highest BCUT2D eigenvalue weighted by Crippen LogP contribution is 2.27. The fourth-order valence-electron chi connectivity index (χ4n) is 3.36. The summed E-state index contributed by atoms with van der Waals surface area (Å²) in [6.45, 7) is 3.48. The fraction of sp³-hybridized carbons (Fsp3) is 0.316. The number of nitrogens with one attached hydrogen (secondary N) is 2. The van der Waals surface area contributed by atoms with E-state index < -0.39 is 0 Å². The standard InChI is InChI=1S/C19H21N5OS/c1-13-21-18(12-26-13)14-4-2-6-16(10-14)22-19(25)24-9-3-5-15(11-24)17-7-8-20-23-17/h2,4,6-8,10,12,15H,3,5,9,11H2,1H3,(H,20,23)(H,22,25)/t15-/m1/s1. The molecule has 1 aromatic carbocycles. The molecular formula is C19H21N5OS. The zero-order chi connectivity index (χ0) is 17.9. The van der Waals surface area contributed by atoms with Crippen molar-refractivity contribution < 1.29 is 4.79 Å². The monoisotopic (exact) mass is 367 g/mol. The SMILES string of the molecule is Cc1nc(-c2cccc(NC(=O)N3CCC[C@@H](c4ccn[nH]4)C3)c2)cs1. The number of urea groups is 1. The summed E-state index contributed by atoms with van der Waals surface area (Å²) in [5.41, 5.74) is 3.85. The van der Waals surface area contributed by atoms with Crippen molar-refractivity contribution in [3.8, 4) is 11.3 Å². The van der Waals surface area contributed by atoms with Crippen molar-refractivity contribution in [3.05, 3.63) is 52.6 Å². The van der Waals surface area contributed by atoms with Crippen LogP contribution in [-0.2, 0) is 0 Å². The molecule has 1 fully saturated rings. The van der Waals surface area contributed by atoms with E-state index in [9.17, 15) is 4.79 Å². The van der Waals surface area contributed by atoms with E-state index in [1.807, 2.05) is 47.5 Å². The lowest BCUT2D eigenvalue weighted by Crippen LogP contribution is -2.41. The van der Waals surface area contributed by atoms with Gasteiger partial charge in [-0.05, 0) is 38.0 Å². The molecule has 4 rings (SSSR count). The van der Waals surface area contributed by atoms with Crippen LogP contribution in [0.25, 0.3) is 11.3 Å². The Labute approximate surface area is 156 Å². The Bertz CT molecular complexity index is 889. The van der Waals surface area contributed by atoms with Crippen LogP contribution >= 0.6 is 11.3 Å². The van der Waals surface area contributed by atoms with Gasteiger partial charge in [-0.15, -0.1) is 11.3 Å². The minimum absolute atomic E-state index is 0.0548. The number of aromatic amines is 1. The normalized spacial score (nSPS) is 17.3. The van der Waals surface area contributed by atoms with Gasteiger partial charge >= 0.3 is 6.03 Å². The average Bonchev–Trinajstić information content (AvgIpc) is 3.34. The van der Waals surface area contributed by atoms with Crippen molar-refractivity contribution >= 4 is 23.1 Å². The van der Waals surface area contributed by atoms with Gasteiger partial charge in [0.25, 0.3) is 0 Å². The fourth-order valence-corrected chi connectivity index (χ4v) is 3.99. The molecule has 2 amide bonds. The topological polar surface area (TPSA) is 73.9 Å². The molecule has 3 heterocycles. The largest absolute Gasteiger partial charge is 0.324 e. The summed E-state index contributed by atoms with van der Waals surface area (Å²) < 4.78 is 0. The van der Waals surface area contributed by atoms with Crippen molar-refractivity contribution in [2.24, 2.45) is 0 Å². The Kier molecular flexibility index (Phi) is 4.71. The predicted octanol–water partition coefficient (Wildman–Crippen LogP) is 4.25. The number of likely N-dealkylation sites (tertiary alicyclic amines) is 1. The molecule has 2 N–H and O–H groups in total. The van der Waals surface area contributed by atoms with Crippen LogP contribution < -0.4 is 5.32 Å². The second-order valence-electron chi connectivity index (χ2n) is 6.56. The molecule has 1 aliphatic heterocycles. The first-order valence-corrected chi connectivity index (χ1v) is 9.65. The summed E-state index contributed by atoms with van der Waals surface area (Å²) in [4.78, 5) is 19.1. The Morgan fingerprint density at radius 2 is 2.31 bits per heavy atom. The van der Waals surface area contributed by atoms with Crippen molar-refractivity contribution in [1.29, 1.82) is 0 Å². The molecule has 134 valence electrons. The van der Waals surface area contributed by atoms with Crippen molar-refractivity contribution in [3.63, 3.8) is 0 Å². The van der Waals surface area contributed by atoms with Gasteiger partial charge in [0.05, 0.1) is 10.7 Å². The zero-order valence-electron chi connectivity index (χ0n) is 14.6. The van der Waals surface area contributed by atoms with Crippen LogP contribution in [0, 0.1) is 6.92 Å². The van der Waals surface area contributed by atoms with E-state index in [1.54, 1.807) is 17.5 Å². The maximum Gasteiger partial charge on any atom is 0.321 e. The lowest BCUT2D eigenvalue weighted by atomic mass is 9.95. The molecule has 1 aliphatic rings. The van der Waals surface area contributed by atoms with Crippen LogP contribution in [0.5, 0.6) is 0 Å². The highest BCUT2D eigenvalue weighted by molar-refractivity contribution is 7.09. The number of aryl methyl sites for hydroxylation is 1. The van der Waals surface area contributed by atoms with Gasteiger partial charge in [-0.2, -0.15) is 5.10 Å². The maximum atomic E-state index is 12.7. The number of nitrogens with zero attached hydrogens (tertiary/aromatic N) is 3. The minimum atomic E-state index is -0.0548. The number of hydrogen-bond acceptors (Lipinski definition) is 4. The van der Waals surface area contributed by atoms with Gasteiger partial charge in [-0.3, -0.25) is 5.10 Å². The molecule has 1 saturated heterocycles. The first-order valence-electron chi connectivity index (χ1n) is 8.77. The quantitative estimate of drug-likeness (QED) is 0.727. The van der Waals surface area contributed by atoms with Crippen molar-refractivity contribution in [2.45, 2.75) is 25.7 Å². The molecule has 6 nitrogen and oxygen atoms in total. The second kappa shape index (κ2) is 7.29. The molecule has 3 aromatic rings. The third kappa shape index (κ3) is 3.62. The Morgan fingerprint density at radius 3 is 3.08 bits per heavy atom.